The summed E-state index contributed by atoms with van der Waals surface area (Å²) in [5.74, 6) is 0. The molecule has 2 aromatic heterocycles. The standard InChI is InChI=1S/C9H12N4/c1-9(2,3)7-4-5-11-13-8(7)10-6-12-13/h4-6H,1-3H3. The van der Waals surface area contributed by atoms with Gasteiger partial charge in [0.25, 0.3) is 0 Å². The second-order valence-corrected chi connectivity index (χ2v) is 4.07. The second-order valence-electron chi connectivity index (χ2n) is 4.07. The normalized spacial score (nSPS) is 12.2. The molecule has 2 rings (SSSR count). The molecule has 0 amide bonds. The van der Waals surface area contributed by atoms with Gasteiger partial charge in [0.2, 0.25) is 0 Å². The molecule has 0 aliphatic carbocycles. The average molecular weight is 176 g/mol. The Balaban J connectivity index is 2.75. The van der Waals surface area contributed by atoms with Gasteiger partial charge >= 0.3 is 0 Å². The lowest BCUT2D eigenvalue weighted by Gasteiger charge is -2.18. The molecule has 4 nitrogen and oxygen atoms in total. The van der Waals surface area contributed by atoms with E-state index in [0.29, 0.717) is 0 Å². The van der Waals surface area contributed by atoms with Gasteiger partial charge in [0, 0.05) is 5.56 Å². The summed E-state index contributed by atoms with van der Waals surface area (Å²) in [6.07, 6.45) is 3.28. The number of fused-ring (bicyclic) bond motifs is 1. The monoisotopic (exact) mass is 176 g/mol. The van der Waals surface area contributed by atoms with Gasteiger partial charge in [0.05, 0.1) is 6.20 Å². The molecule has 0 aliphatic heterocycles. The summed E-state index contributed by atoms with van der Waals surface area (Å²) in [4.78, 5) is 4.17. The van der Waals surface area contributed by atoms with Gasteiger partial charge in [-0.05, 0) is 11.5 Å². The van der Waals surface area contributed by atoms with Gasteiger partial charge < -0.3 is 0 Å². The molecule has 4 heteroatoms. The lowest BCUT2D eigenvalue weighted by Crippen LogP contribution is -2.13. The summed E-state index contributed by atoms with van der Waals surface area (Å²) in [6, 6.07) is 1.99. The summed E-state index contributed by atoms with van der Waals surface area (Å²) in [6.45, 7) is 6.45. The minimum atomic E-state index is 0.0806. The van der Waals surface area contributed by atoms with E-state index in [1.807, 2.05) is 6.07 Å². The predicted molar refractivity (Wildman–Crippen MR) is 49.5 cm³/mol. The van der Waals surface area contributed by atoms with Gasteiger partial charge in [-0.2, -0.15) is 5.10 Å². The van der Waals surface area contributed by atoms with Gasteiger partial charge in [-0.3, -0.25) is 0 Å². The third-order valence-electron chi connectivity index (χ3n) is 2.00. The first-order valence-electron chi connectivity index (χ1n) is 4.24. The topological polar surface area (TPSA) is 43.1 Å². The molecule has 0 bridgehead atoms. The zero-order valence-corrected chi connectivity index (χ0v) is 8.02. The largest absolute Gasteiger partial charge is 0.213 e. The van der Waals surface area contributed by atoms with E-state index in [4.69, 9.17) is 0 Å². The Morgan fingerprint density at radius 1 is 1.23 bits per heavy atom. The van der Waals surface area contributed by atoms with Crippen molar-refractivity contribution in [1.82, 2.24) is 19.8 Å². The molecule has 0 radical (unpaired) electrons. The van der Waals surface area contributed by atoms with Crippen LogP contribution < -0.4 is 0 Å². The molecule has 0 fully saturated rings. The highest BCUT2D eigenvalue weighted by molar-refractivity contribution is 5.48. The van der Waals surface area contributed by atoms with E-state index in [2.05, 4.69) is 36.0 Å². The fourth-order valence-corrected chi connectivity index (χ4v) is 1.33. The van der Waals surface area contributed by atoms with E-state index in [-0.39, 0.29) is 5.41 Å². The average Bonchev–Trinajstić information content (AvgIpc) is 2.48. The van der Waals surface area contributed by atoms with Crippen LogP contribution in [0.4, 0.5) is 0 Å². The van der Waals surface area contributed by atoms with Crippen LogP contribution in [0.15, 0.2) is 18.6 Å². The van der Waals surface area contributed by atoms with Crippen molar-refractivity contribution >= 4 is 5.65 Å². The van der Waals surface area contributed by atoms with E-state index in [0.717, 1.165) is 5.65 Å². The maximum atomic E-state index is 4.17. The highest BCUT2D eigenvalue weighted by atomic mass is 15.4. The smallest absolute Gasteiger partial charge is 0.179 e. The van der Waals surface area contributed by atoms with Crippen molar-refractivity contribution in [3.8, 4) is 0 Å². The van der Waals surface area contributed by atoms with Crippen LogP contribution in [0.3, 0.4) is 0 Å². The zero-order valence-electron chi connectivity index (χ0n) is 8.02. The van der Waals surface area contributed by atoms with Gasteiger partial charge in [-0.25, -0.2) is 4.98 Å². The summed E-state index contributed by atoms with van der Waals surface area (Å²) in [5, 5.41) is 8.05. The molecule has 0 saturated heterocycles. The van der Waals surface area contributed by atoms with Crippen LogP contribution in [0.1, 0.15) is 26.3 Å². The van der Waals surface area contributed by atoms with Gasteiger partial charge in [-0.15, -0.1) is 9.73 Å². The molecule has 0 aromatic carbocycles. The minimum Gasteiger partial charge on any atom is -0.213 e. The molecule has 68 valence electrons. The quantitative estimate of drug-likeness (QED) is 0.609. The first kappa shape index (κ1) is 8.16. The van der Waals surface area contributed by atoms with Gasteiger partial charge in [0.1, 0.15) is 6.33 Å². The Morgan fingerprint density at radius 3 is 2.69 bits per heavy atom. The predicted octanol–water partition coefficient (Wildman–Crippen LogP) is 1.42. The third kappa shape index (κ3) is 1.28. The molecule has 0 saturated carbocycles. The molecule has 2 heterocycles. The molecular weight excluding hydrogens is 164 g/mol. The Labute approximate surface area is 76.6 Å². The Kier molecular flexibility index (Phi) is 1.58. The summed E-state index contributed by atoms with van der Waals surface area (Å²) >= 11 is 0. The molecule has 0 spiro atoms. The molecular formula is C9H12N4. The van der Waals surface area contributed by atoms with E-state index < -0.39 is 0 Å². The van der Waals surface area contributed by atoms with Crippen molar-refractivity contribution in [1.29, 1.82) is 0 Å². The second kappa shape index (κ2) is 2.52. The van der Waals surface area contributed by atoms with Crippen molar-refractivity contribution in [3.63, 3.8) is 0 Å². The maximum Gasteiger partial charge on any atom is 0.179 e. The molecule has 2 aromatic rings. The Hall–Kier alpha value is -1.45. The minimum absolute atomic E-state index is 0.0806. The van der Waals surface area contributed by atoms with Gasteiger partial charge in [-0.1, -0.05) is 20.8 Å². The summed E-state index contributed by atoms with van der Waals surface area (Å²) in [7, 11) is 0. The molecule has 13 heavy (non-hydrogen) atoms. The maximum absolute atomic E-state index is 4.17. The molecule has 0 atom stereocenters. The first-order valence-corrected chi connectivity index (χ1v) is 4.24. The Morgan fingerprint density at radius 2 is 2.00 bits per heavy atom. The van der Waals surface area contributed by atoms with Crippen LogP contribution in [0.5, 0.6) is 0 Å². The number of hydrogen-bond acceptors (Lipinski definition) is 3. The fourth-order valence-electron chi connectivity index (χ4n) is 1.33. The molecule has 0 N–H and O–H groups in total. The van der Waals surface area contributed by atoms with E-state index in [1.54, 1.807) is 10.8 Å². The van der Waals surface area contributed by atoms with E-state index >= 15 is 0 Å². The lowest BCUT2D eigenvalue weighted by atomic mass is 9.88. The van der Waals surface area contributed by atoms with Crippen LogP contribution in [0.25, 0.3) is 5.65 Å². The fraction of sp³-hybridized carbons (Fsp3) is 0.444. The van der Waals surface area contributed by atoms with Crippen LogP contribution in [0.2, 0.25) is 0 Å². The molecule has 0 aliphatic rings. The van der Waals surface area contributed by atoms with Crippen LogP contribution in [0, 0.1) is 0 Å². The van der Waals surface area contributed by atoms with Crippen molar-refractivity contribution in [2.24, 2.45) is 0 Å². The number of aromatic nitrogens is 4. The van der Waals surface area contributed by atoms with Crippen molar-refractivity contribution in [2.75, 3.05) is 0 Å². The van der Waals surface area contributed by atoms with Crippen LogP contribution in [-0.4, -0.2) is 19.8 Å². The highest BCUT2D eigenvalue weighted by Crippen LogP contribution is 2.23. The van der Waals surface area contributed by atoms with Crippen molar-refractivity contribution in [2.45, 2.75) is 26.2 Å². The Bertz CT molecular complexity index is 424. The highest BCUT2D eigenvalue weighted by Gasteiger charge is 2.18. The van der Waals surface area contributed by atoms with E-state index in [1.165, 1.54) is 11.9 Å². The van der Waals surface area contributed by atoms with Crippen molar-refractivity contribution < 1.29 is 0 Å². The summed E-state index contributed by atoms with van der Waals surface area (Å²) in [5.41, 5.74) is 2.09. The molecule has 0 unspecified atom stereocenters. The SMILES string of the molecule is CC(C)(C)c1ccnn2ncnc12. The zero-order chi connectivity index (χ0) is 9.47. The lowest BCUT2D eigenvalue weighted by molar-refractivity contribution is 0.586. The summed E-state index contributed by atoms with van der Waals surface area (Å²) < 4.78 is 1.56. The van der Waals surface area contributed by atoms with Crippen molar-refractivity contribution in [3.05, 3.63) is 24.2 Å². The number of rotatable bonds is 0. The van der Waals surface area contributed by atoms with Gasteiger partial charge in [0.15, 0.2) is 5.65 Å². The van der Waals surface area contributed by atoms with E-state index in [9.17, 15) is 0 Å². The third-order valence-corrected chi connectivity index (χ3v) is 2.00. The number of hydrogen-bond donors (Lipinski definition) is 0. The van der Waals surface area contributed by atoms with Crippen LogP contribution in [-0.2, 0) is 5.41 Å². The van der Waals surface area contributed by atoms with Crippen LogP contribution >= 0.6 is 0 Å². The number of nitrogens with zero attached hydrogens (tertiary/aromatic N) is 4. The first-order chi connectivity index (χ1) is 6.09.